The first kappa shape index (κ1) is 8.94. The zero-order valence-electron chi connectivity index (χ0n) is 8.13. The number of hydrogen-bond acceptors (Lipinski definition) is 2. The summed E-state index contributed by atoms with van der Waals surface area (Å²) in [5.74, 6) is -0.211. The van der Waals surface area contributed by atoms with E-state index in [0.29, 0.717) is 17.0 Å². The fraction of sp³-hybridized carbons (Fsp3) is 0.273. The Balaban J connectivity index is 2.55. The van der Waals surface area contributed by atoms with E-state index in [-0.39, 0.29) is 11.8 Å². The Morgan fingerprint density at radius 2 is 1.71 bits per heavy atom. The molecule has 0 radical (unpaired) electrons. The van der Waals surface area contributed by atoms with Crippen LogP contribution < -0.4 is 5.32 Å². The van der Waals surface area contributed by atoms with Gasteiger partial charge in [0.2, 0.25) is 0 Å². The molecule has 0 spiro atoms. The molecule has 1 aliphatic rings. The lowest BCUT2D eigenvalue weighted by Crippen LogP contribution is -2.19. The maximum absolute atomic E-state index is 11.3. The Morgan fingerprint density at radius 1 is 1.07 bits per heavy atom. The predicted octanol–water partition coefficient (Wildman–Crippen LogP) is 1.69. The number of carbonyl (C=O) groups is 2. The molecule has 3 nitrogen and oxygen atoms in total. The molecular formula is C11H11NO2. The smallest absolute Gasteiger partial charge is 0.258 e. The third-order valence-corrected chi connectivity index (χ3v) is 2.43. The van der Waals surface area contributed by atoms with Crippen LogP contribution in [0.15, 0.2) is 18.2 Å². The van der Waals surface area contributed by atoms with Gasteiger partial charge >= 0.3 is 0 Å². The van der Waals surface area contributed by atoms with E-state index < -0.39 is 0 Å². The van der Waals surface area contributed by atoms with Gasteiger partial charge in [-0.25, -0.2) is 0 Å². The second kappa shape index (κ2) is 2.94. The van der Waals surface area contributed by atoms with E-state index in [2.05, 4.69) is 19.2 Å². The monoisotopic (exact) mass is 189 g/mol. The van der Waals surface area contributed by atoms with Crippen molar-refractivity contribution in [3.8, 4) is 0 Å². The Morgan fingerprint density at radius 3 is 2.36 bits per heavy atom. The molecule has 72 valence electrons. The number of benzene rings is 1. The van der Waals surface area contributed by atoms with Crippen LogP contribution in [0.5, 0.6) is 0 Å². The van der Waals surface area contributed by atoms with Crippen molar-refractivity contribution in [1.82, 2.24) is 5.32 Å². The summed E-state index contributed by atoms with van der Waals surface area (Å²) < 4.78 is 0. The summed E-state index contributed by atoms with van der Waals surface area (Å²) >= 11 is 0. The molecule has 0 atom stereocenters. The lowest BCUT2D eigenvalue weighted by molar-refractivity contribution is 0.0879. The van der Waals surface area contributed by atoms with Gasteiger partial charge in [0.1, 0.15) is 0 Å². The summed E-state index contributed by atoms with van der Waals surface area (Å²) in [7, 11) is 0. The first-order valence-corrected chi connectivity index (χ1v) is 4.59. The third-order valence-electron chi connectivity index (χ3n) is 2.43. The zero-order valence-corrected chi connectivity index (χ0v) is 8.13. The number of rotatable bonds is 1. The summed E-state index contributed by atoms with van der Waals surface area (Å²) in [5.41, 5.74) is 2.06. The second-order valence-electron chi connectivity index (χ2n) is 3.74. The largest absolute Gasteiger partial charge is 0.288 e. The molecule has 2 amide bonds. The molecule has 14 heavy (non-hydrogen) atoms. The highest BCUT2D eigenvalue weighted by atomic mass is 16.2. The van der Waals surface area contributed by atoms with Crippen molar-refractivity contribution in [2.24, 2.45) is 0 Å². The summed E-state index contributed by atoms with van der Waals surface area (Å²) in [6, 6.07) is 5.40. The highest BCUT2D eigenvalue weighted by molar-refractivity contribution is 6.21. The zero-order chi connectivity index (χ0) is 10.3. The van der Waals surface area contributed by atoms with Crippen LogP contribution in [0.1, 0.15) is 46.0 Å². The SMILES string of the molecule is CC(C)c1ccc2c(c1)C(=O)NC2=O. The summed E-state index contributed by atoms with van der Waals surface area (Å²) in [6.07, 6.45) is 0. The van der Waals surface area contributed by atoms with E-state index in [1.807, 2.05) is 6.07 Å². The lowest BCUT2D eigenvalue weighted by Gasteiger charge is -2.05. The molecule has 1 aliphatic heterocycles. The molecule has 0 saturated carbocycles. The van der Waals surface area contributed by atoms with Crippen LogP contribution in [-0.2, 0) is 0 Å². The molecule has 0 aliphatic carbocycles. The van der Waals surface area contributed by atoms with E-state index in [0.717, 1.165) is 5.56 Å². The molecule has 0 saturated heterocycles. The number of hydrogen-bond donors (Lipinski definition) is 1. The van der Waals surface area contributed by atoms with E-state index in [1.165, 1.54) is 0 Å². The van der Waals surface area contributed by atoms with Crippen molar-refractivity contribution in [1.29, 1.82) is 0 Å². The molecule has 1 N–H and O–H groups in total. The van der Waals surface area contributed by atoms with Crippen molar-refractivity contribution >= 4 is 11.8 Å². The van der Waals surface area contributed by atoms with Gasteiger partial charge in [-0.05, 0) is 23.6 Å². The Kier molecular flexibility index (Phi) is 1.88. The van der Waals surface area contributed by atoms with Gasteiger partial charge in [-0.2, -0.15) is 0 Å². The van der Waals surface area contributed by atoms with Gasteiger partial charge in [0.15, 0.2) is 0 Å². The first-order chi connectivity index (χ1) is 6.59. The Hall–Kier alpha value is -1.64. The summed E-state index contributed by atoms with van der Waals surface area (Å²) in [6.45, 7) is 4.10. The van der Waals surface area contributed by atoms with Gasteiger partial charge in [-0.15, -0.1) is 0 Å². The van der Waals surface area contributed by atoms with Crippen LogP contribution in [0.4, 0.5) is 0 Å². The Bertz CT molecular complexity index is 421. The van der Waals surface area contributed by atoms with Crippen LogP contribution in [0.2, 0.25) is 0 Å². The average Bonchev–Trinajstić information content (AvgIpc) is 2.42. The predicted molar refractivity (Wildman–Crippen MR) is 52.3 cm³/mol. The standard InChI is InChI=1S/C11H11NO2/c1-6(2)7-3-4-8-9(5-7)11(14)12-10(8)13/h3-6H,1-2H3,(H,12,13,14). The normalized spacial score (nSPS) is 14.5. The highest BCUT2D eigenvalue weighted by Crippen LogP contribution is 2.21. The summed E-state index contributed by atoms with van der Waals surface area (Å²) in [5, 5.41) is 2.27. The van der Waals surface area contributed by atoms with Crippen molar-refractivity contribution < 1.29 is 9.59 Å². The van der Waals surface area contributed by atoms with Gasteiger partial charge in [-0.1, -0.05) is 19.9 Å². The molecule has 0 bridgehead atoms. The topological polar surface area (TPSA) is 46.2 Å². The lowest BCUT2D eigenvalue weighted by atomic mass is 9.98. The first-order valence-electron chi connectivity index (χ1n) is 4.59. The number of carbonyl (C=O) groups excluding carboxylic acids is 2. The van der Waals surface area contributed by atoms with Crippen molar-refractivity contribution in [2.75, 3.05) is 0 Å². The van der Waals surface area contributed by atoms with E-state index in [9.17, 15) is 9.59 Å². The van der Waals surface area contributed by atoms with Crippen molar-refractivity contribution in [2.45, 2.75) is 19.8 Å². The third kappa shape index (κ3) is 1.21. The molecule has 2 rings (SSSR count). The quantitative estimate of drug-likeness (QED) is 0.683. The summed E-state index contributed by atoms with van der Waals surface area (Å²) in [4.78, 5) is 22.5. The number of fused-ring (bicyclic) bond motifs is 1. The van der Waals surface area contributed by atoms with Crippen molar-refractivity contribution in [3.05, 3.63) is 34.9 Å². The van der Waals surface area contributed by atoms with Gasteiger partial charge in [0.25, 0.3) is 11.8 Å². The maximum Gasteiger partial charge on any atom is 0.258 e. The van der Waals surface area contributed by atoms with Gasteiger partial charge < -0.3 is 0 Å². The average molecular weight is 189 g/mol. The minimum atomic E-state index is -0.291. The van der Waals surface area contributed by atoms with E-state index in [4.69, 9.17) is 0 Å². The molecule has 1 aromatic rings. The molecule has 3 heteroatoms. The number of nitrogens with one attached hydrogen (secondary N) is 1. The molecular weight excluding hydrogens is 178 g/mol. The van der Waals surface area contributed by atoms with Crippen LogP contribution in [0, 0.1) is 0 Å². The molecule has 0 aromatic heterocycles. The highest BCUT2D eigenvalue weighted by Gasteiger charge is 2.26. The fourth-order valence-electron chi connectivity index (χ4n) is 1.54. The molecule has 1 aromatic carbocycles. The number of imide groups is 1. The van der Waals surface area contributed by atoms with Gasteiger partial charge in [0.05, 0.1) is 11.1 Å². The van der Waals surface area contributed by atoms with Crippen LogP contribution in [0.3, 0.4) is 0 Å². The maximum atomic E-state index is 11.3. The van der Waals surface area contributed by atoms with Crippen LogP contribution in [0.25, 0.3) is 0 Å². The molecule has 0 unspecified atom stereocenters. The van der Waals surface area contributed by atoms with Gasteiger partial charge in [0, 0.05) is 0 Å². The van der Waals surface area contributed by atoms with Crippen molar-refractivity contribution in [3.63, 3.8) is 0 Å². The number of amides is 2. The second-order valence-corrected chi connectivity index (χ2v) is 3.74. The van der Waals surface area contributed by atoms with Crippen LogP contribution >= 0.6 is 0 Å². The minimum Gasteiger partial charge on any atom is -0.288 e. The molecule has 1 heterocycles. The van der Waals surface area contributed by atoms with Gasteiger partial charge in [-0.3, -0.25) is 14.9 Å². The van der Waals surface area contributed by atoms with Crippen LogP contribution in [-0.4, -0.2) is 11.8 Å². The molecule has 0 fully saturated rings. The Labute approximate surface area is 82.1 Å². The van der Waals surface area contributed by atoms with E-state index in [1.54, 1.807) is 12.1 Å². The fourth-order valence-corrected chi connectivity index (χ4v) is 1.54. The van der Waals surface area contributed by atoms with E-state index >= 15 is 0 Å². The minimum absolute atomic E-state index is 0.285.